The summed E-state index contributed by atoms with van der Waals surface area (Å²) in [6.07, 6.45) is 0. The zero-order valence-corrected chi connectivity index (χ0v) is 15.0. The molecule has 2 N–H and O–H groups in total. The van der Waals surface area contributed by atoms with Gasteiger partial charge in [0.05, 0.1) is 38.8 Å². The fraction of sp³-hybridized carbons (Fsp3) is 0.263. The van der Waals surface area contributed by atoms with E-state index < -0.39 is 17.7 Å². The Morgan fingerprint density at radius 2 is 1.88 bits per heavy atom. The van der Waals surface area contributed by atoms with E-state index in [4.69, 9.17) is 0 Å². The van der Waals surface area contributed by atoms with Gasteiger partial charge in [0, 0.05) is 10.4 Å². The number of rotatable bonds is 5. The van der Waals surface area contributed by atoms with E-state index >= 15 is 0 Å². The maximum Gasteiger partial charge on any atom is 0.295 e. The van der Waals surface area contributed by atoms with Crippen molar-refractivity contribution in [2.45, 2.75) is 6.04 Å². The second kappa shape index (κ2) is 7.21. The zero-order valence-electron chi connectivity index (χ0n) is 14.2. The number of thiophene rings is 1. The lowest BCUT2D eigenvalue weighted by Crippen LogP contribution is -3.06. The molecule has 1 aromatic carbocycles. The monoisotopic (exact) mass is 357 g/mol. The van der Waals surface area contributed by atoms with Gasteiger partial charge < -0.3 is 14.9 Å². The molecular weight excluding hydrogens is 336 g/mol. The number of nitrogens with one attached hydrogen (secondary N) is 1. The number of nitrogens with zero attached hydrogens (tertiary/aromatic N) is 1. The van der Waals surface area contributed by atoms with Crippen LogP contribution < -0.4 is 4.90 Å². The van der Waals surface area contributed by atoms with Gasteiger partial charge in [-0.05, 0) is 11.4 Å². The van der Waals surface area contributed by atoms with E-state index in [0.717, 1.165) is 11.4 Å². The number of quaternary nitrogens is 1. The minimum Gasteiger partial charge on any atom is -0.507 e. The fourth-order valence-corrected chi connectivity index (χ4v) is 3.79. The average molecular weight is 357 g/mol. The Kier molecular flexibility index (Phi) is 5.01. The molecule has 1 fully saturated rings. The highest BCUT2D eigenvalue weighted by Gasteiger charge is 2.46. The van der Waals surface area contributed by atoms with E-state index in [0.29, 0.717) is 12.1 Å². The first-order valence-corrected chi connectivity index (χ1v) is 9.05. The first kappa shape index (κ1) is 17.4. The number of benzene rings is 1. The molecule has 1 aliphatic rings. The Balaban J connectivity index is 2.09. The highest BCUT2D eigenvalue weighted by Crippen LogP contribution is 2.40. The van der Waals surface area contributed by atoms with E-state index in [2.05, 4.69) is 0 Å². The topological polar surface area (TPSA) is 62.0 Å². The standard InChI is InChI=1S/C19H20N2O3S/c1-20(2)10-11-21-16(14-9-6-12-25-14)15(18(23)19(21)24)17(22)13-7-4-3-5-8-13/h3-9,12,16,22H,10-11H2,1-2H3/p+1/t16-/m1/s1. The Morgan fingerprint density at radius 3 is 2.48 bits per heavy atom. The van der Waals surface area contributed by atoms with Crippen molar-refractivity contribution >= 4 is 28.8 Å². The molecule has 130 valence electrons. The summed E-state index contributed by atoms with van der Waals surface area (Å²) in [7, 11) is 4.00. The number of carbonyl (C=O) groups excluding carboxylic acids is 2. The summed E-state index contributed by atoms with van der Waals surface area (Å²) in [5, 5.41) is 12.7. The lowest BCUT2D eigenvalue weighted by molar-refractivity contribution is -0.857. The highest BCUT2D eigenvalue weighted by atomic mass is 32.1. The maximum atomic E-state index is 12.7. The maximum absolute atomic E-state index is 12.7. The van der Waals surface area contributed by atoms with E-state index in [1.807, 2.05) is 37.7 Å². The number of aliphatic hydroxyl groups is 1. The van der Waals surface area contributed by atoms with Crippen LogP contribution in [0.3, 0.4) is 0 Å². The van der Waals surface area contributed by atoms with Gasteiger partial charge in [0.2, 0.25) is 0 Å². The third-order valence-corrected chi connectivity index (χ3v) is 5.18. The number of aliphatic hydroxyl groups excluding tert-OH is 1. The molecule has 0 unspecified atom stereocenters. The summed E-state index contributed by atoms with van der Waals surface area (Å²) in [6, 6.07) is 12.2. The second-order valence-corrected chi connectivity index (χ2v) is 7.31. The summed E-state index contributed by atoms with van der Waals surface area (Å²) in [4.78, 5) is 28.9. The van der Waals surface area contributed by atoms with Crippen molar-refractivity contribution in [3.8, 4) is 0 Å². The van der Waals surface area contributed by atoms with Gasteiger partial charge in [0.1, 0.15) is 5.76 Å². The van der Waals surface area contributed by atoms with Gasteiger partial charge in [-0.1, -0.05) is 36.4 Å². The lowest BCUT2D eigenvalue weighted by Gasteiger charge is -2.24. The van der Waals surface area contributed by atoms with Crippen LogP contribution in [0.4, 0.5) is 0 Å². The van der Waals surface area contributed by atoms with E-state index in [9.17, 15) is 14.7 Å². The summed E-state index contributed by atoms with van der Waals surface area (Å²) < 4.78 is 0. The molecule has 0 bridgehead atoms. The minimum atomic E-state index is -0.617. The van der Waals surface area contributed by atoms with Crippen molar-refractivity contribution in [2.75, 3.05) is 27.2 Å². The summed E-state index contributed by atoms with van der Waals surface area (Å²) in [5.41, 5.74) is 0.715. The predicted octanol–water partition coefficient (Wildman–Crippen LogP) is 1.31. The number of ketones is 1. The Labute approximate surface area is 150 Å². The number of carbonyl (C=O) groups is 2. The quantitative estimate of drug-likeness (QED) is 0.482. The van der Waals surface area contributed by atoms with Gasteiger partial charge in [-0.15, -0.1) is 11.3 Å². The molecule has 1 aliphatic heterocycles. The van der Waals surface area contributed by atoms with Gasteiger partial charge in [-0.3, -0.25) is 9.59 Å². The van der Waals surface area contributed by atoms with Crippen molar-refractivity contribution in [3.05, 3.63) is 63.9 Å². The van der Waals surface area contributed by atoms with Crippen LogP contribution in [0.15, 0.2) is 53.4 Å². The normalized spacial score (nSPS) is 19.8. The molecule has 0 aliphatic carbocycles. The molecule has 1 saturated heterocycles. The first-order valence-electron chi connectivity index (χ1n) is 8.17. The van der Waals surface area contributed by atoms with Crippen LogP contribution >= 0.6 is 11.3 Å². The van der Waals surface area contributed by atoms with Crippen molar-refractivity contribution in [1.29, 1.82) is 0 Å². The molecule has 2 aromatic rings. The van der Waals surface area contributed by atoms with Crippen LogP contribution in [0.1, 0.15) is 16.5 Å². The lowest BCUT2D eigenvalue weighted by atomic mass is 10.00. The Hall–Kier alpha value is -2.44. The van der Waals surface area contributed by atoms with Crippen LogP contribution in [0.2, 0.25) is 0 Å². The summed E-state index contributed by atoms with van der Waals surface area (Å²) in [6.45, 7) is 1.18. The SMILES string of the molecule is C[NH+](C)CCN1C(=O)C(=O)C(=C(O)c2ccccc2)[C@H]1c1cccs1. The number of amides is 1. The zero-order chi connectivity index (χ0) is 18.0. The average Bonchev–Trinajstić information content (AvgIpc) is 3.21. The molecule has 3 rings (SSSR count). The van der Waals surface area contributed by atoms with Gasteiger partial charge in [0.25, 0.3) is 11.7 Å². The molecule has 0 radical (unpaired) electrons. The second-order valence-electron chi connectivity index (χ2n) is 6.33. The van der Waals surface area contributed by atoms with Gasteiger partial charge in [-0.2, -0.15) is 0 Å². The molecule has 1 atom stereocenters. The highest BCUT2D eigenvalue weighted by molar-refractivity contribution is 7.10. The smallest absolute Gasteiger partial charge is 0.295 e. The first-order chi connectivity index (χ1) is 12.0. The molecule has 1 aromatic heterocycles. The van der Waals surface area contributed by atoms with Gasteiger partial charge >= 0.3 is 0 Å². The molecule has 0 saturated carbocycles. The van der Waals surface area contributed by atoms with E-state index in [-0.39, 0.29) is 11.3 Å². The molecule has 5 nitrogen and oxygen atoms in total. The number of likely N-dealkylation sites (N-methyl/N-ethyl adjacent to an activating group) is 1. The van der Waals surface area contributed by atoms with Crippen molar-refractivity contribution in [2.24, 2.45) is 0 Å². The largest absolute Gasteiger partial charge is 0.507 e. The summed E-state index contributed by atoms with van der Waals surface area (Å²) in [5.74, 6) is -1.28. The van der Waals surface area contributed by atoms with Crippen LogP contribution in [0, 0.1) is 0 Å². The molecule has 2 heterocycles. The fourth-order valence-electron chi connectivity index (χ4n) is 2.95. The minimum absolute atomic E-state index is 0.114. The van der Waals surface area contributed by atoms with E-state index in [1.165, 1.54) is 16.2 Å². The van der Waals surface area contributed by atoms with E-state index in [1.54, 1.807) is 29.2 Å². The third-order valence-electron chi connectivity index (χ3n) is 4.25. The molecule has 25 heavy (non-hydrogen) atoms. The van der Waals surface area contributed by atoms with Crippen LogP contribution in [-0.2, 0) is 9.59 Å². The number of likely N-dealkylation sites (tertiary alicyclic amines) is 1. The Morgan fingerprint density at radius 1 is 1.16 bits per heavy atom. The van der Waals surface area contributed by atoms with Crippen molar-refractivity contribution < 1.29 is 19.6 Å². The molecule has 0 spiro atoms. The number of hydrogen-bond acceptors (Lipinski definition) is 4. The van der Waals surface area contributed by atoms with Crippen molar-refractivity contribution in [3.63, 3.8) is 0 Å². The van der Waals surface area contributed by atoms with Crippen molar-refractivity contribution in [1.82, 2.24) is 4.90 Å². The summed E-state index contributed by atoms with van der Waals surface area (Å²) >= 11 is 1.48. The predicted molar refractivity (Wildman–Crippen MR) is 97.4 cm³/mol. The van der Waals surface area contributed by atoms with Crippen LogP contribution in [0.25, 0.3) is 5.76 Å². The van der Waals surface area contributed by atoms with Gasteiger partial charge in [0.15, 0.2) is 0 Å². The van der Waals surface area contributed by atoms with Crippen LogP contribution in [-0.4, -0.2) is 48.9 Å². The Bertz CT molecular complexity index is 797. The molecule has 1 amide bonds. The van der Waals surface area contributed by atoms with Crippen LogP contribution in [0.5, 0.6) is 0 Å². The number of Topliss-reactive ketones (excluding diaryl/α,β-unsaturated/α-hetero) is 1. The third kappa shape index (κ3) is 3.36. The van der Waals surface area contributed by atoms with Gasteiger partial charge in [-0.25, -0.2) is 0 Å². The number of hydrogen-bond donors (Lipinski definition) is 2. The molecule has 6 heteroatoms. The molecular formula is C19H21N2O3S+.